The second-order valence-corrected chi connectivity index (χ2v) is 6.57. The van der Waals surface area contributed by atoms with Crippen molar-refractivity contribution in [1.29, 1.82) is 0 Å². The largest absolute Gasteiger partial charge is 0.396 e. The number of pyridine rings is 2. The molecule has 5 nitrogen and oxygen atoms in total. The Morgan fingerprint density at radius 1 is 1.04 bits per heavy atom. The Labute approximate surface area is 145 Å². The van der Waals surface area contributed by atoms with Gasteiger partial charge in [-0.15, -0.1) is 0 Å². The summed E-state index contributed by atoms with van der Waals surface area (Å²) >= 11 is 6.04. The van der Waals surface area contributed by atoms with Gasteiger partial charge in [-0.25, -0.2) is 9.97 Å². The van der Waals surface area contributed by atoms with Crippen molar-refractivity contribution >= 4 is 39.8 Å². The van der Waals surface area contributed by atoms with Gasteiger partial charge in [-0.1, -0.05) is 17.7 Å². The Morgan fingerprint density at radius 2 is 1.83 bits per heavy atom. The fraction of sp³-hybridized carbons (Fsp3) is 0.222. The molecule has 0 spiro atoms. The number of benzene rings is 1. The molecule has 1 fully saturated rings. The summed E-state index contributed by atoms with van der Waals surface area (Å²) in [6, 6.07) is 14.3. The van der Waals surface area contributed by atoms with Crippen LogP contribution in [0.4, 0.5) is 17.3 Å². The SMILES string of the molecule is Nc1cccnc1N[C@H]1C[C@H](Nc2ccc3ccc(Cl)cc3n2)C1. The van der Waals surface area contributed by atoms with Gasteiger partial charge in [-0.05, 0) is 49.2 Å². The van der Waals surface area contributed by atoms with Crippen LogP contribution in [0.5, 0.6) is 0 Å². The predicted octanol–water partition coefficient (Wildman–Crippen LogP) is 3.92. The fourth-order valence-electron chi connectivity index (χ4n) is 2.97. The van der Waals surface area contributed by atoms with Crippen molar-refractivity contribution in [2.45, 2.75) is 24.9 Å². The van der Waals surface area contributed by atoms with Crippen LogP contribution in [0.3, 0.4) is 0 Å². The van der Waals surface area contributed by atoms with Crippen LogP contribution in [0, 0.1) is 0 Å². The molecule has 4 N–H and O–H groups in total. The standard InChI is InChI=1S/C18H18ClN5/c19-12-5-3-11-4-6-17(24-16(11)8-12)22-13-9-14(10-13)23-18-15(20)2-1-7-21-18/h1-8,13-14H,9-10,20H2,(H,21,23)(H,22,24)/t13-,14-. The van der Waals surface area contributed by atoms with Crippen LogP contribution in [0.15, 0.2) is 48.7 Å². The Kier molecular flexibility index (Phi) is 3.86. The summed E-state index contributed by atoms with van der Waals surface area (Å²) in [5, 5.41) is 8.65. The molecule has 0 atom stereocenters. The van der Waals surface area contributed by atoms with E-state index in [2.05, 4.69) is 26.7 Å². The number of aromatic nitrogens is 2. The van der Waals surface area contributed by atoms with E-state index in [-0.39, 0.29) is 0 Å². The molecule has 0 aliphatic heterocycles. The van der Waals surface area contributed by atoms with E-state index in [0.717, 1.165) is 35.4 Å². The van der Waals surface area contributed by atoms with Crippen LogP contribution >= 0.6 is 11.6 Å². The first-order chi connectivity index (χ1) is 11.7. The third-order valence-electron chi connectivity index (χ3n) is 4.32. The molecule has 1 aliphatic rings. The van der Waals surface area contributed by atoms with E-state index in [0.29, 0.717) is 22.8 Å². The molecule has 0 amide bonds. The molecule has 4 rings (SSSR count). The summed E-state index contributed by atoms with van der Waals surface area (Å²) in [5.41, 5.74) is 7.50. The van der Waals surface area contributed by atoms with Crippen LogP contribution in [-0.4, -0.2) is 22.1 Å². The topological polar surface area (TPSA) is 75.9 Å². The van der Waals surface area contributed by atoms with Crippen LogP contribution in [0.25, 0.3) is 10.9 Å². The number of hydrogen-bond donors (Lipinski definition) is 3. The normalized spacial score (nSPS) is 19.7. The van der Waals surface area contributed by atoms with Crippen LogP contribution in [-0.2, 0) is 0 Å². The van der Waals surface area contributed by atoms with Crippen LogP contribution in [0.2, 0.25) is 5.02 Å². The van der Waals surface area contributed by atoms with Crippen LogP contribution in [0.1, 0.15) is 12.8 Å². The summed E-state index contributed by atoms with van der Waals surface area (Å²) in [4.78, 5) is 8.90. The number of hydrogen-bond acceptors (Lipinski definition) is 5. The van der Waals surface area contributed by atoms with E-state index in [4.69, 9.17) is 17.3 Å². The second-order valence-electron chi connectivity index (χ2n) is 6.13. The highest BCUT2D eigenvalue weighted by atomic mass is 35.5. The van der Waals surface area contributed by atoms with Gasteiger partial charge in [0.05, 0.1) is 11.2 Å². The lowest BCUT2D eigenvalue weighted by Crippen LogP contribution is -2.44. The van der Waals surface area contributed by atoms with E-state index in [1.54, 1.807) is 6.20 Å². The molecule has 6 heteroatoms. The highest BCUT2D eigenvalue weighted by Gasteiger charge is 2.29. The highest BCUT2D eigenvalue weighted by molar-refractivity contribution is 6.31. The first-order valence-corrected chi connectivity index (χ1v) is 8.35. The van der Waals surface area contributed by atoms with Gasteiger partial charge in [-0.2, -0.15) is 0 Å². The molecule has 0 unspecified atom stereocenters. The first kappa shape index (κ1) is 15.0. The molecule has 1 aliphatic carbocycles. The lowest BCUT2D eigenvalue weighted by molar-refractivity contribution is 0.396. The average Bonchev–Trinajstić information content (AvgIpc) is 2.54. The molecule has 122 valence electrons. The lowest BCUT2D eigenvalue weighted by Gasteiger charge is -2.37. The minimum Gasteiger partial charge on any atom is -0.396 e. The fourth-order valence-corrected chi connectivity index (χ4v) is 3.13. The predicted molar refractivity (Wildman–Crippen MR) is 99.5 cm³/mol. The molecule has 1 saturated carbocycles. The van der Waals surface area contributed by atoms with Crippen molar-refractivity contribution in [1.82, 2.24) is 9.97 Å². The van der Waals surface area contributed by atoms with Crippen molar-refractivity contribution in [3.63, 3.8) is 0 Å². The third-order valence-corrected chi connectivity index (χ3v) is 4.56. The van der Waals surface area contributed by atoms with Crippen molar-refractivity contribution in [2.24, 2.45) is 0 Å². The van der Waals surface area contributed by atoms with E-state index in [9.17, 15) is 0 Å². The molecule has 3 aromatic rings. The van der Waals surface area contributed by atoms with Gasteiger partial charge in [0.25, 0.3) is 0 Å². The molecule has 24 heavy (non-hydrogen) atoms. The number of anilines is 3. The third kappa shape index (κ3) is 3.08. The number of rotatable bonds is 4. The maximum atomic E-state index is 6.04. The van der Waals surface area contributed by atoms with Gasteiger partial charge in [0.2, 0.25) is 0 Å². The Bertz CT molecular complexity index is 876. The number of fused-ring (bicyclic) bond motifs is 1. The molecule has 0 radical (unpaired) electrons. The molecular formula is C18H18ClN5. The van der Waals surface area contributed by atoms with Gasteiger partial charge in [0, 0.05) is 28.7 Å². The molecular weight excluding hydrogens is 322 g/mol. The maximum Gasteiger partial charge on any atom is 0.149 e. The van der Waals surface area contributed by atoms with Gasteiger partial charge in [-0.3, -0.25) is 0 Å². The Balaban J connectivity index is 1.37. The van der Waals surface area contributed by atoms with E-state index >= 15 is 0 Å². The zero-order valence-electron chi connectivity index (χ0n) is 13.0. The summed E-state index contributed by atoms with van der Waals surface area (Å²) in [7, 11) is 0. The summed E-state index contributed by atoms with van der Waals surface area (Å²) in [6.07, 6.45) is 3.76. The van der Waals surface area contributed by atoms with Crippen molar-refractivity contribution in [3.8, 4) is 0 Å². The Morgan fingerprint density at radius 3 is 2.67 bits per heavy atom. The maximum absolute atomic E-state index is 6.04. The summed E-state index contributed by atoms with van der Waals surface area (Å²) in [5.74, 6) is 1.64. The number of nitrogens with two attached hydrogens (primary N) is 1. The summed E-state index contributed by atoms with van der Waals surface area (Å²) in [6.45, 7) is 0. The van der Waals surface area contributed by atoms with Crippen molar-refractivity contribution in [2.75, 3.05) is 16.4 Å². The second kappa shape index (κ2) is 6.17. The number of nitrogen functional groups attached to an aromatic ring is 1. The zero-order chi connectivity index (χ0) is 16.5. The van der Waals surface area contributed by atoms with E-state index < -0.39 is 0 Å². The molecule has 2 aromatic heterocycles. The molecule has 0 bridgehead atoms. The van der Waals surface area contributed by atoms with Gasteiger partial charge in [0.15, 0.2) is 0 Å². The smallest absolute Gasteiger partial charge is 0.149 e. The molecule has 1 aromatic carbocycles. The van der Waals surface area contributed by atoms with Gasteiger partial charge >= 0.3 is 0 Å². The average molecular weight is 340 g/mol. The minimum atomic E-state index is 0.384. The quantitative estimate of drug-likeness (QED) is 0.671. The number of nitrogens with one attached hydrogen (secondary N) is 2. The first-order valence-electron chi connectivity index (χ1n) is 7.97. The number of halogens is 1. The minimum absolute atomic E-state index is 0.384. The zero-order valence-corrected chi connectivity index (χ0v) is 13.8. The van der Waals surface area contributed by atoms with E-state index in [1.807, 2.05) is 36.4 Å². The molecule has 2 heterocycles. The molecule has 0 saturated heterocycles. The van der Waals surface area contributed by atoms with Crippen molar-refractivity contribution in [3.05, 3.63) is 53.7 Å². The monoisotopic (exact) mass is 339 g/mol. The van der Waals surface area contributed by atoms with Crippen LogP contribution < -0.4 is 16.4 Å². The lowest BCUT2D eigenvalue weighted by atomic mass is 9.86. The number of nitrogens with zero attached hydrogens (tertiary/aromatic N) is 2. The highest BCUT2D eigenvalue weighted by Crippen LogP contribution is 2.28. The van der Waals surface area contributed by atoms with Crippen molar-refractivity contribution < 1.29 is 0 Å². The van der Waals surface area contributed by atoms with Gasteiger partial charge < -0.3 is 16.4 Å². The van der Waals surface area contributed by atoms with Gasteiger partial charge in [0.1, 0.15) is 11.6 Å². The summed E-state index contributed by atoms with van der Waals surface area (Å²) < 4.78 is 0. The van der Waals surface area contributed by atoms with E-state index in [1.165, 1.54) is 0 Å². The Hall–Kier alpha value is -2.53.